The van der Waals surface area contributed by atoms with Gasteiger partial charge in [0.25, 0.3) is 0 Å². The molecule has 0 radical (unpaired) electrons. The van der Waals surface area contributed by atoms with Gasteiger partial charge < -0.3 is 9.67 Å². The van der Waals surface area contributed by atoms with Crippen molar-refractivity contribution in [2.24, 2.45) is 0 Å². The van der Waals surface area contributed by atoms with E-state index in [-0.39, 0.29) is 17.9 Å². The van der Waals surface area contributed by atoms with Gasteiger partial charge in [0.2, 0.25) is 10.0 Å². The first-order chi connectivity index (χ1) is 9.97. The van der Waals surface area contributed by atoms with E-state index in [4.69, 9.17) is 5.11 Å². The van der Waals surface area contributed by atoms with E-state index in [9.17, 15) is 13.2 Å². The highest BCUT2D eigenvalue weighted by Crippen LogP contribution is 2.11. The third-order valence-corrected chi connectivity index (χ3v) is 4.39. The number of nitrogens with zero attached hydrogens (tertiary/aromatic N) is 1. The molecule has 1 aromatic heterocycles. The summed E-state index contributed by atoms with van der Waals surface area (Å²) in [6.45, 7) is 0.831. The monoisotopic (exact) mass is 308 g/mol. The maximum atomic E-state index is 12.1. The lowest BCUT2D eigenvalue weighted by Crippen LogP contribution is -2.27. The third-order valence-electron chi connectivity index (χ3n) is 2.92. The van der Waals surface area contributed by atoms with Crippen molar-refractivity contribution in [1.82, 2.24) is 9.29 Å². The lowest BCUT2D eigenvalue weighted by Gasteiger charge is -2.08. The summed E-state index contributed by atoms with van der Waals surface area (Å²) in [7, 11) is -3.57. The van der Waals surface area contributed by atoms with E-state index in [1.807, 2.05) is 29.1 Å². The Balaban J connectivity index is 1.96. The summed E-state index contributed by atoms with van der Waals surface area (Å²) in [4.78, 5) is 10.7. The van der Waals surface area contributed by atoms with Crippen LogP contribution < -0.4 is 4.72 Å². The Morgan fingerprint density at radius 3 is 2.33 bits per heavy atom. The fourth-order valence-corrected chi connectivity index (χ4v) is 2.89. The molecule has 1 aromatic carbocycles. The quantitative estimate of drug-likeness (QED) is 0.801. The molecule has 6 nitrogen and oxygen atoms in total. The zero-order chi connectivity index (χ0) is 15.3. The number of rotatable bonds is 7. The average molecular weight is 308 g/mol. The van der Waals surface area contributed by atoms with Crippen LogP contribution in [0.3, 0.4) is 0 Å². The number of nitrogens with one attached hydrogen (secondary N) is 1. The molecule has 0 amide bonds. The van der Waals surface area contributed by atoms with Gasteiger partial charge in [0, 0.05) is 25.5 Å². The van der Waals surface area contributed by atoms with Crippen LogP contribution in [-0.2, 0) is 27.8 Å². The van der Waals surface area contributed by atoms with Crippen LogP contribution in [0.15, 0.2) is 53.7 Å². The molecule has 0 aliphatic heterocycles. The fraction of sp³-hybridized carbons (Fsp3) is 0.214. The Bertz CT molecular complexity index is 691. The summed E-state index contributed by atoms with van der Waals surface area (Å²) in [5.41, 5.74) is 0.564. The number of carbonyl (C=O) groups is 1. The molecule has 0 bridgehead atoms. The van der Waals surface area contributed by atoms with Crippen LogP contribution in [0.1, 0.15) is 5.56 Å². The molecule has 21 heavy (non-hydrogen) atoms. The molecule has 0 unspecified atom stereocenters. The first-order valence-corrected chi connectivity index (χ1v) is 7.87. The van der Waals surface area contributed by atoms with Gasteiger partial charge in [0.1, 0.15) is 0 Å². The average Bonchev–Trinajstić information content (AvgIpc) is 2.91. The highest BCUT2D eigenvalue weighted by atomic mass is 32.2. The molecule has 112 valence electrons. The minimum absolute atomic E-state index is 0.124. The van der Waals surface area contributed by atoms with Crippen molar-refractivity contribution >= 4 is 16.0 Å². The van der Waals surface area contributed by atoms with Gasteiger partial charge in [-0.3, -0.25) is 4.79 Å². The standard InChI is InChI=1S/C14H16N2O4S/c17-14(18)11-12-3-5-13(6-4-12)21(19,20)15-7-10-16-8-1-2-9-16/h1-6,8-9,15H,7,10-11H2,(H,17,18). The van der Waals surface area contributed by atoms with Gasteiger partial charge in [-0.1, -0.05) is 12.1 Å². The molecule has 0 aliphatic carbocycles. The highest BCUT2D eigenvalue weighted by molar-refractivity contribution is 7.89. The van der Waals surface area contributed by atoms with E-state index in [1.165, 1.54) is 24.3 Å². The predicted octanol–water partition coefficient (Wildman–Crippen LogP) is 1.09. The number of aliphatic carboxylic acids is 1. The zero-order valence-electron chi connectivity index (χ0n) is 11.3. The van der Waals surface area contributed by atoms with E-state index in [2.05, 4.69) is 4.72 Å². The molecule has 0 saturated heterocycles. The van der Waals surface area contributed by atoms with Crippen molar-refractivity contribution in [3.8, 4) is 0 Å². The van der Waals surface area contributed by atoms with Gasteiger partial charge in [-0.2, -0.15) is 0 Å². The number of aromatic nitrogens is 1. The highest BCUT2D eigenvalue weighted by Gasteiger charge is 2.13. The normalized spacial score (nSPS) is 11.4. The van der Waals surface area contributed by atoms with E-state index < -0.39 is 16.0 Å². The van der Waals surface area contributed by atoms with Gasteiger partial charge in [-0.15, -0.1) is 0 Å². The van der Waals surface area contributed by atoms with Gasteiger partial charge in [0.05, 0.1) is 11.3 Å². The maximum absolute atomic E-state index is 12.1. The summed E-state index contributed by atoms with van der Waals surface area (Å²) < 4.78 is 28.5. The lowest BCUT2D eigenvalue weighted by atomic mass is 10.2. The van der Waals surface area contributed by atoms with Crippen LogP contribution in [0.5, 0.6) is 0 Å². The smallest absolute Gasteiger partial charge is 0.307 e. The molecule has 0 saturated carbocycles. The summed E-state index contributed by atoms with van der Waals surface area (Å²) in [5, 5.41) is 8.67. The Morgan fingerprint density at radius 1 is 1.14 bits per heavy atom. The number of hydrogen-bond donors (Lipinski definition) is 2. The number of hydrogen-bond acceptors (Lipinski definition) is 3. The predicted molar refractivity (Wildman–Crippen MR) is 77.4 cm³/mol. The zero-order valence-corrected chi connectivity index (χ0v) is 12.1. The van der Waals surface area contributed by atoms with Gasteiger partial charge in [0.15, 0.2) is 0 Å². The Hall–Kier alpha value is -2.12. The van der Waals surface area contributed by atoms with Crippen LogP contribution in [0.2, 0.25) is 0 Å². The molecule has 0 spiro atoms. The summed E-state index contributed by atoms with van der Waals surface area (Å²) in [6.07, 6.45) is 3.59. The largest absolute Gasteiger partial charge is 0.481 e. The summed E-state index contributed by atoms with van der Waals surface area (Å²) >= 11 is 0. The molecule has 0 atom stereocenters. The number of benzene rings is 1. The second-order valence-corrected chi connectivity index (χ2v) is 6.30. The Morgan fingerprint density at radius 2 is 1.76 bits per heavy atom. The number of sulfonamides is 1. The van der Waals surface area contributed by atoms with Gasteiger partial charge in [-0.25, -0.2) is 13.1 Å². The van der Waals surface area contributed by atoms with E-state index in [1.54, 1.807) is 0 Å². The Kier molecular flexibility index (Phi) is 4.77. The molecule has 0 fully saturated rings. The molecule has 1 heterocycles. The van der Waals surface area contributed by atoms with Crippen molar-refractivity contribution in [1.29, 1.82) is 0 Å². The van der Waals surface area contributed by atoms with Gasteiger partial charge in [-0.05, 0) is 29.8 Å². The molecular formula is C14H16N2O4S. The second-order valence-electron chi connectivity index (χ2n) is 4.53. The van der Waals surface area contributed by atoms with Crippen LogP contribution in [0.25, 0.3) is 0 Å². The maximum Gasteiger partial charge on any atom is 0.307 e. The van der Waals surface area contributed by atoms with Crippen molar-refractivity contribution in [3.05, 3.63) is 54.4 Å². The lowest BCUT2D eigenvalue weighted by molar-refractivity contribution is -0.136. The van der Waals surface area contributed by atoms with E-state index in [0.717, 1.165) is 0 Å². The molecule has 2 N–H and O–H groups in total. The third kappa shape index (κ3) is 4.44. The molecule has 2 rings (SSSR count). The van der Waals surface area contributed by atoms with E-state index >= 15 is 0 Å². The van der Waals surface area contributed by atoms with Crippen molar-refractivity contribution < 1.29 is 18.3 Å². The van der Waals surface area contributed by atoms with Crippen molar-refractivity contribution in [3.63, 3.8) is 0 Å². The summed E-state index contributed by atoms with van der Waals surface area (Å²) in [5.74, 6) is -0.949. The molecular weight excluding hydrogens is 292 g/mol. The molecule has 7 heteroatoms. The van der Waals surface area contributed by atoms with E-state index in [0.29, 0.717) is 12.1 Å². The minimum Gasteiger partial charge on any atom is -0.481 e. The second kappa shape index (κ2) is 6.55. The summed E-state index contributed by atoms with van der Waals surface area (Å²) in [6, 6.07) is 9.58. The fourth-order valence-electron chi connectivity index (χ4n) is 1.87. The van der Waals surface area contributed by atoms with Crippen LogP contribution in [0.4, 0.5) is 0 Å². The molecule has 0 aliphatic rings. The topological polar surface area (TPSA) is 88.4 Å². The SMILES string of the molecule is O=C(O)Cc1ccc(S(=O)(=O)NCCn2cccc2)cc1. The van der Waals surface area contributed by atoms with Crippen LogP contribution in [-0.4, -0.2) is 30.6 Å². The first-order valence-electron chi connectivity index (χ1n) is 6.38. The van der Waals surface area contributed by atoms with Gasteiger partial charge >= 0.3 is 5.97 Å². The van der Waals surface area contributed by atoms with Crippen LogP contribution in [0, 0.1) is 0 Å². The molecule has 2 aromatic rings. The minimum atomic E-state index is -3.57. The number of carboxylic acid groups (broad SMARTS) is 1. The Labute approximate surface area is 123 Å². The number of carboxylic acids is 1. The van der Waals surface area contributed by atoms with Crippen molar-refractivity contribution in [2.45, 2.75) is 17.9 Å². The van der Waals surface area contributed by atoms with Crippen LogP contribution >= 0.6 is 0 Å². The van der Waals surface area contributed by atoms with Crippen molar-refractivity contribution in [2.75, 3.05) is 6.54 Å². The first kappa shape index (κ1) is 15.3.